The molecule has 106 valence electrons. The predicted octanol–water partition coefficient (Wildman–Crippen LogP) is 4.99. The van der Waals surface area contributed by atoms with Crippen molar-refractivity contribution in [2.75, 3.05) is 19.1 Å². The molecular weight excluding hydrogens is 382 g/mol. The summed E-state index contributed by atoms with van der Waals surface area (Å²) in [5.41, 5.74) is 3.67. The average Bonchev–Trinajstić information content (AvgIpc) is 2.47. The molecule has 0 radical (unpaired) electrons. The molecule has 2 aromatic carbocycles. The number of hydrogen-bond acceptors (Lipinski definition) is 2. The van der Waals surface area contributed by atoms with Crippen molar-refractivity contribution in [3.05, 3.63) is 58.1 Å². The smallest absolute Gasteiger partial charge is 0.119 e. The molecule has 2 nitrogen and oxygen atoms in total. The lowest BCUT2D eigenvalue weighted by molar-refractivity contribution is 0.414. The molecule has 0 spiro atoms. The zero-order chi connectivity index (χ0) is 14.5. The molecule has 0 bridgehead atoms. The maximum absolute atomic E-state index is 5.26. The van der Waals surface area contributed by atoms with E-state index in [1.54, 1.807) is 7.11 Å². The highest BCUT2D eigenvalue weighted by molar-refractivity contribution is 9.10. The fourth-order valence-corrected chi connectivity index (χ4v) is 3.39. The lowest BCUT2D eigenvalue weighted by atomic mass is 10.1. The molecule has 0 atom stereocenters. The van der Waals surface area contributed by atoms with Gasteiger partial charge in [-0.15, -0.1) is 0 Å². The summed E-state index contributed by atoms with van der Waals surface area (Å²) < 4.78 is 6.39. The summed E-state index contributed by atoms with van der Waals surface area (Å²) in [7, 11) is 3.79. The Kier molecular flexibility index (Phi) is 5.49. The van der Waals surface area contributed by atoms with E-state index in [4.69, 9.17) is 4.74 Å². The minimum absolute atomic E-state index is 0.845. The molecule has 2 aromatic rings. The van der Waals surface area contributed by atoms with Crippen LogP contribution >= 0.6 is 31.9 Å². The quantitative estimate of drug-likeness (QED) is 0.658. The van der Waals surface area contributed by atoms with E-state index in [1.165, 1.54) is 16.8 Å². The van der Waals surface area contributed by atoms with E-state index in [0.29, 0.717) is 0 Å². The van der Waals surface area contributed by atoms with Crippen molar-refractivity contribution in [2.45, 2.75) is 11.9 Å². The number of methoxy groups -OCH3 is 1. The van der Waals surface area contributed by atoms with Crippen molar-refractivity contribution in [1.82, 2.24) is 0 Å². The molecule has 0 saturated carbocycles. The maximum Gasteiger partial charge on any atom is 0.119 e. The van der Waals surface area contributed by atoms with E-state index in [-0.39, 0.29) is 0 Å². The normalized spacial score (nSPS) is 10.4. The molecule has 4 heteroatoms. The second-order valence-corrected chi connectivity index (χ2v) is 6.03. The predicted molar refractivity (Wildman–Crippen MR) is 91.9 cm³/mol. The van der Waals surface area contributed by atoms with Gasteiger partial charge in [-0.25, -0.2) is 0 Å². The van der Waals surface area contributed by atoms with Gasteiger partial charge in [0, 0.05) is 29.1 Å². The highest BCUT2D eigenvalue weighted by atomic mass is 79.9. The van der Waals surface area contributed by atoms with Gasteiger partial charge in [-0.3, -0.25) is 0 Å². The second-order valence-electron chi connectivity index (χ2n) is 4.62. The SMILES string of the molecule is COc1cccc(CN(C)c2ccc(CBr)c(Br)c2)c1. The van der Waals surface area contributed by atoms with Crippen LogP contribution in [0.2, 0.25) is 0 Å². The third-order valence-corrected chi connectivity index (χ3v) is 4.52. The zero-order valence-corrected chi connectivity index (χ0v) is 14.7. The van der Waals surface area contributed by atoms with Gasteiger partial charge in [-0.2, -0.15) is 0 Å². The van der Waals surface area contributed by atoms with E-state index < -0.39 is 0 Å². The van der Waals surface area contributed by atoms with Crippen LogP contribution in [0.25, 0.3) is 0 Å². The molecule has 0 aromatic heterocycles. The van der Waals surface area contributed by atoms with Gasteiger partial charge < -0.3 is 9.64 Å². The van der Waals surface area contributed by atoms with Crippen molar-refractivity contribution in [3.8, 4) is 5.75 Å². The Morgan fingerprint density at radius 1 is 1.15 bits per heavy atom. The summed E-state index contributed by atoms with van der Waals surface area (Å²) in [4.78, 5) is 2.22. The Bertz CT molecular complexity index is 586. The van der Waals surface area contributed by atoms with Gasteiger partial charge in [0.2, 0.25) is 0 Å². The van der Waals surface area contributed by atoms with Crippen molar-refractivity contribution in [2.24, 2.45) is 0 Å². The van der Waals surface area contributed by atoms with Gasteiger partial charge in [-0.1, -0.05) is 50.1 Å². The van der Waals surface area contributed by atoms with E-state index in [0.717, 1.165) is 22.1 Å². The number of alkyl halides is 1. The largest absolute Gasteiger partial charge is 0.497 e. The molecule has 0 aliphatic rings. The minimum Gasteiger partial charge on any atom is -0.497 e. The number of benzene rings is 2. The standard InChI is InChI=1S/C16H17Br2NO/c1-19(11-12-4-3-5-15(8-12)20-2)14-7-6-13(10-17)16(18)9-14/h3-9H,10-11H2,1-2H3. The van der Waals surface area contributed by atoms with Crippen molar-refractivity contribution in [3.63, 3.8) is 0 Å². The molecule has 0 heterocycles. The van der Waals surface area contributed by atoms with Gasteiger partial charge in [-0.05, 0) is 35.4 Å². The molecule has 0 aliphatic carbocycles. The molecule has 0 N–H and O–H groups in total. The number of rotatable bonds is 5. The minimum atomic E-state index is 0.845. The Balaban J connectivity index is 2.14. The Labute approximate surface area is 137 Å². The fourth-order valence-electron chi connectivity index (χ4n) is 2.02. The first-order chi connectivity index (χ1) is 9.63. The number of hydrogen-bond donors (Lipinski definition) is 0. The van der Waals surface area contributed by atoms with Crippen molar-refractivity contribution in [1.29, 1.82) is 0 Å². The number of ether oxygens (including phenoxy) is 1. The Morgan fingerprint density at radius 3 is 2.60 bits per heavy atom. The number of halogens is 2. The van der Waals surface area contributed by atoms with Crippen molar-refractivity contribution < 1.29 is 4.74 Å². The lowest BCUT2D eigenvalue weighted by Gasteiger charge is -2.20. The Hall–Kier alpha value is -1.000. The molecule has 0 saturated heterocycles. The summed E-state index contributed by atoms with van der Waals surface area (Å²) >= 11 is 7.09. The fraction of sp³-hybridized carbons (Fsp3) is 0.250. The highest BCUT2D eigenvalue weighted by Crippen LogP contribution is 2.26. The first-order valence-corrected chi connectivity index (χ1v) is 8.24. The van der Waals surface area contributed by atoms with E-state index in [9.17, 15) is 0 Å². The van der Waals surface area contributed by atoms with Crippen LogP contribution in [0.15, 0.2) is 46.9 Å². The van der Waals surface area contributed by atoms with Crippen LogP contribution < -0.4 is 9.64 Å². The molecule has 20 heavy (non-hydrogen) atoms. The first kappa shape index (κ1) is 15.4. The van der Waals surface area contributed by atoms with Crippen LogP contribution in [0.4, 0.5) is 5.69 Å². The summed E-state index contributed by atoms with van der Waals surface area (Å²) in [6, 6.07) is 14.6. The molecule has 0 amide bonds. The van der Waals surface area contributed by atoms with Crippen LogP contribution in [0.3, 0.4) is 0 Å². The number of anilines is 1. The van der Waals surface area contributed by atoms with Gasteiger partial charge in [0.15, 0.2) is 0 Å². The first-order valence-electron chi connectivity index (χ1n) is 6.32. The molecule has 2 rings (SSSR count). The van der Waals surface area contributed by atoms with E-state index in [1.807, 2.05) is 12.1 Å². The molecule has 0 aliphatic heterocycles. The van der Waals surface area contributed by atoms with Crippen LogP contribution in [0.5, 0.6) is 5.75 Å². The summed E-state index contributed by atoms with van der Waals surface area (Å²) in [5, 5.41) is 0.855. The molecule has 0 fully saturated rings. The topological polar surface area (TPSA) is 12.5 Å². The van der Waals surface area contributed by atoms with Gasteiger partial charge in [0.25, 0.3) is 0 Å². The van der Waals surface area contributed by atoms with E-state index >= 15 is 0 Å². The van der Waals surface area contributed by atoms with E-state index in [2.05, 4.69) is 74.1 Å². The average molecular weight is 399 g/mol. The van der Waals surface area contributed by atoms with Gasteiger partial charge in [0.1, 0.15) is 5.75 Å². The van der Waals surface area contributed by atoms with Gasteiger partial charge >= 0.3 is 0 Å². The van der Waals surface area contributed by atoms with Crippen LogP contribution in [0.1, 0.15) is 11.1 Å². The third kappa shape index (κ3) is 3.76. The van der Waals surface area contributed by atoms with Crippen LogP contribution in [0, 0.1) is 0 Å². The second kappa shape index (κ2) is 7.14. The summed E-state index contributed by atoms with van der Waals surface area (Å²) in [5.74, 6) is 0.895. The van der Waals surface area contributed by atoms with Crippen molar-refractivity contribution >= 4 is 37.5 Å². The van der Waals surface area contributed by atoms with Crippen LogP contribution in [-0.4, -0.2) is 14.2 Å². The van der Waals surface area contributed by atoms with Gasteiger partial charge in [0.05, 0.1) is 7.11 Å². The monoisotopic (exact) mass is 397 g/mol. The molecular formula is C16H17Br2NO. The summed E-state index contributed by atoms with van der Waals surface area (Å²) in [6.45, 7) is 0.845. The molecule has 0 unspecified atom stereocenters. The zero-order valence-electron chi connectivity index (χ0n) is 11.6. The van der Waals surface area contributed by atoms with Crippen LogP contribution in [-0.2, 0) is 11.9 Å². The lowest BCUT2D eigenvalue weighted by Crippen LogP contribution is -2.16. The maximum atomic E-state index is 5.26. The highest BCUT2D eigenvalue weighted by Gasteiger charge is 2.06. The number of nitrogens with zero attached hydrogens (tertiary/aromatic N) is 1. The third-order valence-electron chi connectivity index (χ3n) is 3.18. The Morgan fingerprint density at radius 2 is 1.95 bits per heavy atom. The summed E-state index contributed by atoms with van der Waals surface area (Å²) in [6.07, 6.45) is 0.